The third-order valence-electron chi connectivity index (χ3n) is 2.41. The van der Waals surface area contributed by atoms with Gasteiger partial charge < -0.3 is 5.32 Å². The van der Waals surface area contributed by atoms with Gasteiger partial charge in [0.15, 0.2) is 5.82 Å². The fourth-order valence-electron chi connectivity index (χ4n) is 1.31. The van der Waals surface area contributed by atoms with Gasteiger partial charge in [-0.15, -0.1) is 0 Å². The molecule has 0 fully saturated rings. The number of anilines is 1. The monoisotopic (exact) mass is 223 g/mol. The third-order valence-corrected chi connectivity index (χ3v) is 2.41. The van der Waals surface area contributed by atoms with Crippen LogP contribution in [0.3, 0.4) is 0 Å². The molecule has 0 saturated carbocycles. The quantitative estimate of drug-likeness (QED) is 0.824. The molecule has 4 nitrogen and oxygen atoms in total. The van der Waals surface area contributed by atoms with Crippen LogP contribution in [-0.2, 0) is 10.2 Å². The van der Waals surface area contributed by atoms with Gasteiger partial charge >= 0.3 is 0 Å². The Morgan fingerprint density at radius 1 is 1.50 bits per heavy atom. The first-order valence-electron chi connectivity index (χ1n) is 5.79. The average Bonchev–Trinajstić information content (AvgIpc) is 2.62. The third kappa shape index (κ3) is 3.68. The number of H-pyrrole nitrogens is 1. The molecular weight excluding hydrogens is 202 g/mol. The number of aromatic amines is 1. The molecule has 0 aliphatic heterocycles. The second-order valence-electron chi connectivity index (χ2n) is 5.07. The van der Waals surface area contributed by atoms with Crippen LogP contribution in [0.15, 0.2) is 6.07 Å². The summed E-state index contributed by atoms with van der Waals surface area (Å²) in [6.45, 7) is 8.37. The van der Waals surface area contributed by atoms with Crippen molar-refractivity contribution in [2.75, 3.05) is 5.32 Å². The Labute approximate surface area is 96.8 Å². The first kappa shape index (κ1) is 12.7. The summed E-state index contributed by atoms with van der Waals surface area (Å²) in [5.41, 5.74) is 1.05. The number of carbonyl (C=O) groups is 1. The van der Waals surface area contributed by atoms with Crippen molar-refractivity contribution in [3.8, 4) is 0 Å². The number of unbranched alkanes of at least 4 members (excludes halogenated alkanes) is 1. The van der Waals surface area contributed by atoms with Crippen LogP contribution in [0.4, 0.5) is 5.82 Å². The topological polar surface area (TPSA) is 57.8 Å². The predicted molar refractivity (Wildman–Crippen MR) is 65.4 cm³/mol. The minimum atomic E-state index is 0.0272. The van der Waals surface area contributed by atoms with E-state index in [0.29, 0.717) is 12.2 Å². The number of amides is 1. The van der Waals surface area contributed by atoms with E-state index in [1.807, 2.05) is 6.07 Å². The molecule has 1 heterocycles. The molecule has 0 spiro atoms. The fourth-order valence-corrected chi connectivity index (χ4v) is 1.31. The molecule has 4 heteroatoms. The molecule has 16 heavy (non-hydrogen) atoms. The molecule has 1 amide bonds. The van der Waals surface area contributed by atoms with Crippen molar-refractivity contribution < 1.29 is 4.79 Å². The molecular formula is C12H21N3O. The highest BCUT2D eigenvalue weighted by molar-refractivity contribution is 5.89. The summed E-state index contributed by atoms with van der Waals surface area (Å²) in [4.78, 5) is 11.5. The number of hydrogen-bond acceptors (Lipinski definition) is 2. The number of aromatic nitrogens is 2. The molecule has 2 N–H and O–H groups in total. The number of nitrogens with zero attached hydrogens (tertiary/aromatic N) is 1. The normalized spacial score (nSPS) is 11.5. The van der Waals surface area contributed by atoms with Crippen molar-refractivity contribution in [3.63, 3.8) is 0 Å². The van der Waals surface area contributed by atoms with E-state index in [4.69, 9.17) is 0 Å². The van der Waals surface area contributed by atoms with Crippen molar-refractivity contribution in [3.05, 3.63) is 11.8 Å². The van der Waals surface area contributed by atoms with Crippen molar-refractivity contribution in [2.24, 2.45) is 0 Å². The van der Waals surface area contributed by atoms with Gasteiger partial charge in [0.25, 0.3) is 0 Å². The fraction of sp³-hybridized carbons (Fsp3) is 0.667. The maximum Gasteiger partial charge on any atom is 0.225 e. The van der Waals surface area contributed by atoms with E-state index in [1.54, 1.807) is 0 Å². The largest absolute Gasteiger partial charge is 0.309 e. The molecule has 0 aliphatic carbocycles. The predicted octanol–water partition coefficient (Wildman–Crippen LogP) is 2.84. The molecule has 0 saturated heterocycles. The van der Waals surface area contributed by atoms with Crippen molar-refractivity contribution in [1.82, 2.24) is 10.2 Å². The summed E-state index contributed by atoms with van der Waals surface area (Å²) in [6.07, 6.45) is 2.51. The van der Waals surface area contributed by atoms with Gasteiger partial charge in [-0.3, -0.25) is 9.89 Å². The maximum atomic E-state index is 11.5. The molecule has 0 bridgehead atoms. The van der Waals surface area contributed by atoms with E-state index in [9.17, 15) is 4.79 Å². The summed E-state index contributed by atoms with van der Waals surface area (Å²) < 4.78 is 0. The molecule has 0 aliphatic rings. The van der Waals surface area contributed by atoms with Gasteiger partial charge in [0.05, 0.1) is 0 Å². The van der Waals surface area contributed by atoms with Crippen LogP contribution in [0.25, 0.3) is 0 Å². The summed E-state index contributed by atoms with van der Waals surface area (Å²) in [7, 11) is 0. The van der Waals surface area contributed by atoms with E-state index in [-0.39, 0.29) is 11.3 Å². The van der Waals surface area contributed by atoms with E-state index in [2.05, 4.69) is 43.2 Å². The number of carbonyl (C=O) groups excluding carboxylic acids is 1. The average molecular weight is 223 g/mol. The number of hydrogen-bond donors (Lipinski definition) is 2. The van der Waals surface area contributed by atoms with Gasteiger partial charge in [-0.1, -0.05) is 34.1 Å². The number of nitrogens with one attached hydrogen (secondary N) is 2. The molecule has 1 aromatic heterocycles. The Kier molecular flexibility index (Phi) is 4.10. The zero-order chi connectivity index (χ0) is 12.2. The van der Waals surface area contributed by atoms with Gasteiger partial charge in [-0.2, -0.15) is 5.10 Å². The zero-order valence-electron chi connectivity index (χ0n) is 10.6. The lowest BCUT2D eigenvalue weighted by Crippen LogP contribution is -2.12. The Balaban J connectivity index is 2.56. The van der Waals surface area contributed by atoms with E-state index >= 15 is 0 Å². The van der Waals surface area contributed by atoms with Crippen LogP contribution in [0.1, 0.15) is 52.7 Å². The van der Waals surface area contributed by atoms with Crippen LogP contribution in [-0.4, -0.2) is 16.1 Å². The SMILES string of the molecule is CCCCC(=O)Nc1cc(C(C)(C)C)[nH]n1. The summed E-state index contributed by atoms with van der Waals surface area (Å²) in [5, 5.41) is 9.80. The zero-order valence-corrected chi connectivity index (χ0v) is 10.6. The second kappa shape index (κ2) is 5.14. The van der Waals surface area contributed by atoms with Crippen molar-refractivity contribution >= 4 is 11.7 Å². The van der Waals surface area contributed by atoms with Crippen LogP contribution >= 0.6 is 0 Å². The van der Waals surface area contributed by atoms with E-state index < -0.39 is 0 Å². The minimum Gasteiger partial charge on any atom is -0.309 e. The van der Waals surface area contributed by atoms with Crippen LogP contribution < -0.4 is 5.32 Å². The van der Waals surface area contributed by atoms with Crippen LogP contribution in [0.5, 0.6) is 0 Å². The highest BCUT2D eigenvalue weighted by Crippen LogP contribution is 2.21. The summed E-state index contributed by atoms with van der Waals surface area (Å²) in [5.74, 6) is 0.653. The summed E-state index contributed by atoms with van der Waals surface area (Å²) in [6, 6.07) is 1.89. The Hall–Kier alpha value is -1.32. The molecule has 0 aromatic carbocycles. The lowest BCUT2D eigenvalue weighted by Gasteiger charge is -2.14. The Morgan fingerprint density at radius 2 is 2.19 bits per heavy atom. The summed E-state index contributed by atoms with van der Waals surface area (Å²) >= 11 is 0. The van der Waals surface area contributed by atoms with Gasteiger partial charge in [0, 0.05) is 23.6 Å². The molecule has 0 atom stereocenters. The minimum absolute atomic E-state index is 0.0272. The molecule has 0 radical (unpaired) electrons. The lowest BCUT2D eigenvalue weighted by molar-refractivity contribution is -0.116. The second-order valence-corrected chi connectivity index (χ2v) is 5.07. The lowest BCUT2D eigenvalue weighted by atomic mass is 9.92. The molecule has 90 valence electrons. The van der Waals surface area contributed by atoms with Crippen LogP contribution in [0, 0.1) is 0 Å². The van der Waals surface area contributed by atoms with Crippen molar-refractivity contribution in [1.29, 1.82) is 0 Å². The van der Waals surface area contributed by atoms with Gasteiger partial charge in [0.2, 0.25) is 5.91 Å². The molecule has 1 aromatic rings. The highest BCUT2D eigenvalue weighted by atomic mass is 16.1. The van der Waals surface area contributed by atoms with Crippen molar-refractivity contribution in [2.45, 2.75) is 52.4 Å². The molecule has 0 unspecified atom stereocenters. The van der Waals surface area contributed by atoms with E-state index in [1.165, 1.54) is 0 Å². The van der Waals surface area contributed by atoms with E-state index in [0.717, 1.165) is 18.5 Å². The molecule has 1 rings (SSSR count). The standard InChI is InChI=1S/C12H21N3O/c1-5-6-7-11(16)13-10-8-9(14-15-10)12(2,3)4/h8H,5-7H2,1-4H3,(H2,13,14,15,16). The first-order chi connectivity index (χ1) is 7.43. The Bertz CT molecular complexity index is 349. The first-order valence-corrected chi connectivity index (χ1v) is 5.79. The van der Waals surface area contributed by atoms with Crippen LogP contribution in [0.2, 0.25) is 0 Å². The number of rotatable bonds is 4. The van der Waals surface area contributed by atoms with Gasteiger partial charge in [-0.25, -0.2) is 0 Å². The highest BCUT2D eigenvalue weighted by Gasteiger charge is 2.17. The van der Waals surface area contributed by atoms with Gasteiger partial charge in [-0.05, 0) is 6.42 Å². The Morgan fingerprint density at radius 3 is 2.69 bits per heavy atom. The van der Waals surface area contributed by atoms with Gasteiger partial charge in [0.1, 0.15) is 0 Å². The smallest absolute Gasteiger partial charge is 0.225 e. The maximum absolute atomic E-state index is 11.5.